The molecule has 3 rings (SSSR count). The van der Waals surface area contributed by atoms with Crippen molar-refractivity contribution in [1.82, 2.24) is 4.90 Å². The number of carbonyl (C=O) groups is 2. The standard InChI is InChI=1S/C20H19N3O4S/c1-12-7-15(18(24)17(8-12)27-2)20(26)23-11-28-10-16(23)19(25)22-14-5-3-13(9-21)4-6-14/h3-8,16,24H,10-11H2,1-2H3,(H,22,25). The Hall–Kier alpha value is -3.18. The van der Waals surface area contributed by atoms with E-state index in [2.05, 4.69) is 5.32 Å². The summed E-state index contributed by atoms with van der Waals surface area (Å²) in [6.45, 7) is 1.80. The van der Waals surface area contributed by atoms with E-state index in [0.717, 1.165) is 5.56 Å². The number of nitrogens with zero attached hydrogens (tertiary/aromatic N) is 2. The van der Waals surface area contributed by atoms with Crippen molar-refractivity contribution in [2.45, 2.75) is 13.0 Å². The average molecular weight is 397 g/mol. The molecule has 1 unspecified atom stereocenters. The van der Waals surface area contributed by atoms with Crippen molar-refractivity contribution >= 4 is 29.3 Å². The average Bonchev–Trinajstić information content (AvgIpc) is 3.19. The van der Waals surface area contributed by atoms with Gasteiger partial charge in [-0.1, -0.05) is 0 Å². The minimum atomic E-state index is -0.668. The Bertz CT molecular complexity index is 953. The van der Waals surface area contributed by atoms with Crippen molar-refractivity contribution in [1.29, 1.82) is 5.26 Å². The zero-order valence-electron chi connectivity index (χ0n) is 15.4. The number of carbonyl (C=O) groups excluding carboxylic acids is 2. The van der Waals surface area contributed by atoms with Crippen LogP contribution in [0.25, 0.3) is 0 Å². The Morgan fingerprint density at radius 2 is 2.04 bits per heavy atom. The molecule has 7 nitrogen and oxygen atoms in total. The molecule has 2 aromatic rings. The summed E-state index contributed by atoms with van der Waals surface area (Å²) in [6, 6.07) is 11.1. The number of methoxy groups -OCH3 is 1. The molecule has 28 heavy (non-hydrogen) atoms. The maximum Gasteiger partial charge on any atom is 0.259 e. The fourth-order valence-electron chi connectivity index (χ4n) is 2.93. The fourth-order valence-corrected chi connectivity index (χ4v) is 4.09. The minimum Gasteiger partial charge on any atom is -0.504 e. The molecule has 1 saturated heterocycles. The summed E-state index contributed by atoms with van der Waals surface area (Å²) in [5, 5.41) is 22.0. The van der Waals surface area contributed by atoms with Crippen LogP contribution in [-0.2, 0) is 4.79 Å². The van der Waals surface area contributed by atoms with E-state index in [1.807, 2.05) is 6.07 Å². The lowest BCUT2D eigenvalue weighted by Gasteiger charge is -2.24. The van der Waals surface area contributed by atoms with Crippen LogP contribution in [0.5, 0.6) is 11.5 Å². The predicted octanol–water partition coefficient (Wildman–Crippen LogP) is 2.73. The number of aromatic hydroxyl groups is 1. The van der Waals surface area contributed by atoms with Crippen molar-refractivity contribution in [2.75, 3.05) is 24.1 Å². The molecule has 144 valence electrons. The van der Waals surface area contributed by atoms with Gasteiger partial charge in [0, 0.05) is 11.4 Å². The van der Waals surface area contributed by atoms with Gasteiger partial charge in [-0.15, -0.1) is 11.8 Å². The number of amides is 2. The van der Waals surface area contributed by atoms with Gasteiger partial charge >= 0.3 is 0 Å². The van der Waals surface area contributed by atoms with E-state index in [4.69, 9.17) is 10.00 Å². The van der Waals surface area contributed by atoms with Crippen molar-refractivity contribution < 1.29 is 19.4 Å². The number of benzene rings is 2. The lowest BCUT2D eigenvalue weighted by molar-refractivity contribution is -0.119. The van der Waals surface area contributed by atoms with E-state index < -0.39 is 11.9 Å². The number of aryl methyl sites for hydroxylation is 1. The number of thioether (sulfide) groups is 1. The highest BCUT2D eigenvalue weighted by Crippen LogP contribution is 2.34. The van der Waals surface area contributed by atoms with Gasteiger partial charge in [0.05, 0.1) is 30.2 Å². The van der Waals surface area contributed by atoms with E-state index in [1.54, 1.807) is 43.3 Å². The van der Waals surface area contributed by atoms with E-state index in [1.165, 1.54) is 23.8 Å². The predicted molar refractivity (Wildman–Crippen MR) is 106 cm³/mol. The summed E-state index contributed by atoms with van der Waals surface area (Å²) < 4.78 is 5.12. The molecule has 1 aliphatic rings. The molecule has 0 radical (unpaired) electrons. The minimum absolute atomic E-state index is 0.107. The van der Waals surface area contributed by atoms with Crippen LogP contribution in [0, 0.1) is 18.3 Å². The molecule has 1 aliphatic heterocycles. The SMILES string of the molecule is COc1cc(C)cc(C(=O)N2CSCC2C(=O)Nc2ccc(C#N)cc2)c1O. The molecule has 2 N–H and O–H groups in total. The van der Waals surface area contributed by atoms with Gasteiger partial charge < -0.3 is 20.1 Å². The summed E-state index contributed by atoms with van der Waals surface area (Å²) in [5.41, 5.74) is 1.92. The van der Waals surface area contributed by atoms with Gasteiger partial charge in [-0.3, -0.25) is 9.59 Å². The Morgan fingerprint density at radius 1 is 1.32 bits per heavy atom. The monoisotopic (exact) mass is 397 g/mol. The molecule has 0 spiro atoms. The zero-order chi connectivity index (χ0) is 20.3. The smallest absolute Gasteiger partial charge is 0.259 e. The van der Waals surface area contributed by atoms with E-state index >= 15 is 0 Å². The number of nitriles is 1. The topological polar surface area (TPSA) is 103 Å². The van der Waals surface area contributed by atoms with E-state index in [9.17, 15) is 14.7 Å². The van der Waals surface area contributed by atoms with Gasteiger partial charge in [-0.25, -0.2) is 0 Å². The van der Waals surface area contributed by atoms with Gasteiger partial charge in [0.25, 0.3) is 5.91 Å². The molecule has 2 amide bonds. The molecular formula is C20H19N3O4S. The number of ether oxygens (including phenoxy) is 1. The van der Waals surface area contributed by atoms with Gasteiger partial charge in [-0.05, 0) is 48.9 Å². The number of nitrogens with one attached hydrogen (secondary N) is 1. The van der Waals surface area contributed by atoms with Gasteiger partial charge in [-0.2, -0.15) is 5.26 Å². The number of phenols is 1. The lowest BCUT2D eigenvalue weighted by atomic mass is 10.1. The Morgan fingerprint density at radius 3 is 2.68 bits per heavy atom. The second kappa shape index (κ2) is 8.23. The second-order valence-corrected chi connectivity index (χ2v) is 7.33. The fraction of sp³-hybridized carbons (Fsp3) is 0.250. The highest BCUT2D eigenvalue weighted by Gasteiger charge is 2.36. The number of phenolic OH excluding ortho intramolecular Hbond substituents is 1. The lowest BCUT2D eigenvalue weighted by Crippen LogP contribution is -2.44. The number of hydrogen-bond acceptors (Lipinski definition) is 6. The molecule has 1 fully saturated rings. The van der Waals surface area contributed by atoms with E-state index in [-0.39, 0.29) is 23.0 Å². The first kappa shape index (κ1) is 19.6. The Balaban J connectivity index is 1.80. The zero-order valence-corrected chi connectivity index (χ0v) is 16.2. The summed E-state index contributed by atoms with van der Waals surface area (Å²) in [5.74, 6) is 0.0408. The Labute approximate surface area is 166 Å². The molecule has 0 aliphatic carbocycles. The molecule has 2 aromatic carbocycles. The van der Waals surface area contributed by atoms with Crippen LogP contribution in [0.2, 0.25) is 0 Å². The van der Waals surface area contributed by atoms with Gasteiger partial charge in [0.15, 0.2) is 11.5 Å². The largest absolute Gasteiger partial charge is 0.504 e. The summed E-state index contributed by atoms with van der Waals surface area (Å²) in [6.07, 6.45) is 0. The van der Waals surface area contributed by atoms with Crippen LogP contribution in [-0.4, -0.2) is 46.6 Å². The van der Waals surface area contributed by atoms with Crippen molar-refractivity contribution in [3.05, 3.63) is 53.1 Å². The third kappa shape index (κ3) is 3.89. The second-order valence-electron chi connectivity index (χ2n) is 6.33. The van der Waals surface area contributed by atoms with Crippen LogP contribution in [0.15, 0.2) is 36.4 Å². The molecule has 0 saturated carbocycles. The third-order valence-corrected chi connectivity index (χ3v) is 5.41. The first-order chi connectivity index (χ1) is 13.4. The van der Waals surface area contributed by atoms with Crippen LogP contribution in [0.1, 0.15) is 21.5 Å². The molecular weight excluding hydrogens is 378 g/mol. The molecule has 0 aromatic heterocycles. The van der Waals surface area contributed by atoms with Gasteiger partial charge in [0.1, 0.15) is 6.04 Å². The van der Waals surface area contributed by atoms with Crippen LogP contribution in [0.4, 0.5) is 5.69 Å². The Kier molecular flexibility index (Phi) is 5.76. The molecule has 8 heteroatoms. The first-order valence-electron chi connectivity index (χ1n) is 8.52. The summed E-state index contributed by atoms with van der Waals surface area (Å²) >= 11 is 1.47. The number of rotatable bonds is 4. The summed E-state index contributed by atoms with van der Waals surface area (Å²) in [7, 11) is 1.42. The number of hydrogen-bond donors (Lipinski definition) is 2. The van der Waals surface area contributed by atoms with Crippen LogP contribution < -0.4 is 10.1 Å². The van der Waals surface area contributed by atoms with Gasteiger partial charge in [0.2, 0.25) is 5.91 Å². The van der Waals surface area contributed by atoms with Crippen LogP contribution in [0.3, 0.4) is 0 Å². The molecule has 1 heterocycles. The molecule has 0 bridgehead atoms. The van der Waals surface area contributed by atoms with Crippen molar-refractivity contribution in [3.8, 4) is 17.6 Å². The van der Waals surface area contributed by atoms with E-state index in [0.29, 0.717) is 22.9 Å². The van der Waals surface area contributed by atoms with Crippen LogP contribution >= 0.6 is 11.8 Å². The van der Waals surface area contributed by atoms with Crippen molar-refractivity contribution in [3.63, 3.8) is 0 Å². The quantitative estimate of drug-likeness (QED) is 0.822. The first-order valence-corrected chi connectivity index (χ1v) is 9.67. The highest BCUT2D eigenvalue weighted by atomic mass is 32.2. The maximum atomic E-state index is 13.0. The third-order valence-electron chi connectivity index (χ3n) is 4.40. The number of anilines is 1. The molecule has 1 atom stereocenters. The van der Waals surface area contributed by atoms with Crippen molar-refractivity contribution in [2.24, 2.45) is 0 Å². The summed E-state index contributed by atoms with van der Waals surface area (Å²) in [4.78, 5) is 27.2. The normalized spacial score (nSPS) is 15.8. The highest BCUT2D eigenvalue weighted by molar-refractivity contribution is 7.99. The maximum absolute atomic E-state index is 13.0.